The molecule has 0 saturated heterocycles. The molecule has 1 aromatic heterocycles. The maximum atomic E-state index is 10.6. The molecule has 0 saturated carbocycles. The van der Waals surface area contributed by atoms with Crippen LogP contribution in [0.1, 0.15) is 21.4 Å². The van der Waals surface area contributed by atoms with Crippen molar-refractivity contribution >= 4 is 28.2 Å². The van der Waals surface area contributed by atoms with Crippen molar-refractivity contribution in [2.24, 2.45) is 0 Å². The van der Waals surface area contributed by atoms with Gasteiger partial charge in [0.15, 0.2) is 0 Å². The first-order chi connectivity index (χ1) is 9.29. The van der Waals surface area contributed by atoms with Crippen molar-refractivity contribution in [3.8, 4) is 0 Å². The second-order valence-corrected chi connectivity index (χ2v) is 5.56. The first-order valence-electron chi connectivity index (χ1n) is 6.17. The van der Waals surface area contributed by atoms with Crippen LogP contribution in [0.4, 0.5) is 0 Å². The minimum atomic E-state index is -0.579. The van der Waals surface area contributed by atoms with Gasteiger partial charge in [0.25, 0.3) is 0 Å². The van der Waals surface area contributed by atoms with Gasteiger partial charge in [-0.2, -0.15) is 0 Å². The van der Waals surface area contributed by atoms with E-state index in [4.69, 9.17) is 0 Å². The van der Waals surface area contributed by atoms with Crippen molar-refractivity contribution in [3.63, 3.8) is 0 Å². The van der Waals surface area contributed by atoms with Crippen LogP contribution < -0.4 is 0 Å². The van der Waals surface area contributed by atoms with Gasteiger partial charge < -0.3 is 5.11 Å². The Morgan fingerprint density at radius 2 is 1.79 bits per heavy atom. The number of fused-ring (bicyclic) bond motifs is 1. The van der Waals surface area contributed by atoms with Crippen molar-refractivity contribution in [1.29, 1.82) is 0 Å². The lowest BCUT2D eigenvalue weighted by Gasteiger charge is -2.12. The Kier molecular flexibility index (Phi) is 3.20. The minimum absolute atomic E-state index is 0.579. The fraction of sp³-hybridized carbons (Fsp3) is 0.0588. The van der Waals surface area contributed by atoms with Gasteiger partial charge in [-0.3, -0.25) is 0 Å². The van der Waals surface area contributed by atoms with E-state index in [2.05, 4.69) is 24.8 Å². The van der Waals surface area contributed by atoms with Crippen LogP contribution in [0.5, 0.6) is 0 Å². The van der Waals surface area contributed by atoms with Crippen LogP contribution in [-0.4, -0.2) is 5.11 Å². The third kappa shape index (κ3) is 2.21. The molecule has 1 nitrogen and oxygen atoms in total. The maximum Gasteiger partial charge on any atom is 0.114 e. The summed E-state index contributed by atoms with van der Waals surface area (Å²) in [5, 5.41) is 12.8. The van der Waals surface area contributed by atoms with Crippen LogP contribution in [0, 0.1) is 0 Å². The number of rotatable bonds is 3. The van der Waals surface area contributed by atoms with Gasteiger partial charge in [0.2, 0.25) is 0 Å². The van der Waals surface area contributed by atoms with Gasteiger partial charge in [-0.15, -0.1) is 11.3 Å². The van der Waals surface area contributed by atoms with Crippen LogP contribution in [0.25, 0.3) is 16.8 Å². The van der Waals surface area contributed by atoms with E-state index in [-0.39, 0.29) is 0 Å². The molecule has 0 radical (unpaired) electrons. The Morgan fingerprint density at radius 1 is 1.00 bits per heavy atom. The molecule has 1 N–H and O–H groups in total. The molecule has 19 heavy (non-hydrogen) atoms. The highest BCUT2D eigenvalue weighted by Gasteiger charge is 2.14. The lowest BCUT2D eigenvalue weighted by molar-refractivity contribution is 0.226. The average Bonchev–Trinajstić information content (AvgIpc) is 2.95. The van der Waals surface area contributed by atoms with E-state index in [1.54, 1.807) is 11.3 Å². The summed E-state index contributed by atoms with van der Waals surface area (Å²) in [6.45, 7) is 3.76. The van der Waals surface area contributed by atoms with Gasteiger partial charge >= 0.3 is 0 Å². The molecule has 0 spiro atoms. The summed E-state index contributed by atoms with van der Waals surface area (Å²) in [6, 6.07) is 18.1. The highest BCUT2D eigenvalue weighted by atomic mass is 32.1. The van der Waals surface area contributed by atoms with E-state index in [0.717, 1.165) is 26.1 Å². The lowest BCUT2D eigenvalue weighted by atomic mass is 10.00. The predicted octanol–water partition coefficient (Wildman–Crippen LogP) is 4.63. The number of benzene rings is 2. The molecule has 1 unspecified atom stereocenters. The zero-order valence-corrected chi connectivity index (χ0v) is 11.2. The normalized spacial score (nSPS) is 12.5. The van der Waals surface area contributed by atoms with Crippen LogP contribution in [0.15, 0.2) is 61.2 Å². The molecule has 2 aromatic carbocycles. The van der Waals surface area contributed by atoms with Gasteiger partial charge in [-0.25, -0.2) is 0 Å². The van der Waals surface area contributed by atoms with Gasteiger partial charge in [-0.05, 0) is 28.5 Å². The number of hydrogen-bond donors (Lipinski definition) is 1. The van der Waals surface area contributed by atoms with Crippen molar-refractivity contribution in [2.45, 2.75) is 6.10 Å². The molecule has 0 aliphatic heterocycles. The number of aliphatic hydroxyl groups excluding tert-OH is 1. The molecule has 1 heterocycles. The van der Waals surface area contributed by atoms with Gasteiger partial charge in [0, 0.05) is 9.75 Å². The molecule has 1 atom stereocenters. The van der Waals surface area contributed by atoms with Crippen molar-refractivity contribution in [3.05, 3.63) is 76.5 Å². The predicted molar refractivity (Wildman–Crippen MR) is 82.4 cm³/mol. The standard InChI is InChI=1S/C17H14OS/c1-2-13-10-11-16(19-13)17(18)15-9-5-7-12-6-3-4-8-14(12)15/h2-11,17-18H,1H2. The molecule has 0 aliphatic rings. The van der Waals surface area contributed by atoms with Crippen LogP contribution >= 0.6 is 11.3 Å². The summed E-state index contributed by atoms with van der Waals surface area (Å²) < 4.78 is 0. The van der Waals surface area contributed by atoms with E-state index in [0.29, 0.717) is 0 Å². The minimum Gasteiger partial charge on any atom is -0.383 e. The second-order valence-electron chi connectivity index (χ2n) is 4.42. The second kappa shape index (κ2) is 5.00. The maximum absolute atomic E-state index is 10.6. The summed E-state index contributed by atoms with van der Waals surface area (Å²) in [5.41, 5.74) is 0.954. The fourth-order valence-electron chi connectivity index (χ4n) is 2.27. The quantitative estimate of drug-likeness (QED) is 0.733. The first kappa shape index (κ1) is 12.2. The van der Waals surface area contributed by atoms with E-state index in [1.165, 1.54) is 0 Å². The smallest absolute Gasteiger partial charge is 0.114 e. The molecule has 0 amide bonds. The monoisotopic (exact) mass is 266 g/mol. The Hall–Kier alpha value is -1.90. The zero-order chi connectivity index (χ0) is 13.2. The molecule has 3 aromatic rings. The van der Waals surface area contributed by atoms with Crippen molar-refractivity contribution < 1.29 is 5.11 Å². The van der Waals surface area contributed by atoms with E-state index < -0.39 is 6.10 Å². The van der Waals surface area contributed by atoms with E-state index >= 15 is 0 Å². The number of aliphatic hydroxyl groups is 1. The highest BCUT2D eigenvalue weighted by Crippen LogP contribution is 2.32. The average molecular weight is 266 g/mol. The first-order valence-corrected chi connectivity index (χ1v) is 6.99. The summed E-state index contributed by atoms with van der Waals surface area (Å²) in [4.78, 5) is 2.03. The highest BCUT2D eigenvalue weighted by molar-refractivity contribution is 7.13. The summed E-state index contributed by atoms with van der Waals surface area (Å²) in [7, 11) is 0. The molecular formula is C17H14OS. The Bertz CT molecular complexity index is 721. The third-order valence-corrected chi connectivity index (χ3v) is 4.37. The molecule has 2 heteroatoms. The summed E-state index contributed by atoms with van der Waals surface area (Å²) in [6.07, 6.45) is 1.23. The largest absolute Gasteiger partial charge is 0.383 e. The summed E-state index contributed by atoms with van der Waals surface area (Å²) in [5.74, 6) is 0. The Morgan fingerprint density at radius 3 is 2.58 bits per heavy atom. The Balaban J connectivity index is 2.10. The zero-order valence-electron chi connectivity index (χ0n) is 10.4. The van der Waals surface area contributed by atoms with Gasteiger partial charge in [0.1, 0.15) is 6.10 Å². The van der Waals surface area contributed by atoms with Crippen molar-refractivity contribution in [1.82, 2.24) is 0 Å². The molecule has 0 fully saturated rings. The van der Waals surface area contributed by atoms with Gasteiger partial charge in [-0.1, -0.05) is 55.1 Å². The number of hydrogen-bond acceptors (Lipinski definition) is 2. The van der Waals surface area contributed by atoms with Crippen molar-refractivity contribution in [2.75, 3.05) is 0 Å². The third-order valence-electron chi connectivity index (χ3n) is 3.24. The lowest BCUT2D eigenvalue weighted by Crippen LogP contribution is -1.97. The van der Waals surface area contributed by atoms with E-state index in [9.17, 15) is 5.11 Å². The molecule has 3 rings (SSSR count). The SMILES string of the molecule is C=Cc1ccc(C(O)c2cccc3ccccc23)s1. The molecular weight excluding hydrogens is 252 g/mol. The summed E-state index contributed by atoms with van der Waals surface area (Å²) >= 11 is 1.58. The molecule has 0 bridgehead atoms. The topological polar surface area (TPSA) is 20.2 Å². The fourth-order valence-corrected chi connectivity index (χ4v) is 3.13. The van der Waals surface area contributed by atoms with Crippen LogP contribution in [0.2, 0.25) is 0 Å². The van der Waals surface area contributed by atoms with Gasteiger partial charge in [0.05, 0.1) is 0 Å². The van der Waals surface area contributed by atoms with E-state index in [1.807, 2.05) is 42.5 Å². The Labute approximate surface area is 116 Å². The molecule has 94 valence electrons. The van der Waals surface area contributed by atoms with Crippen LogP contribution in [-0.2, 0) is 0 Å². The number of thiophene rings is 1. The van der Waals surface area contributed by atoms with Crippen LogP contribution in [0.3, 0.4) is 0 Å². The molecule has 0 aliphatic carbocycles.